The second-order valence-corrected chi connectivity index (χ2v) is 7.85. The molecule has 0 radical (unpaired) electrons. The summed E-state index contributed by atoms with van der Waals surface area (Å²) in [5.74, 6) is 0.0330. The Morgan fingerprint density at radius 3 is 2.06 bits per heavy atom. The minimum atomic E-state index is -0.00739. The Labute approximate surface area is 189 Å². The summed E-state index contributed by atoms with van der Waals surface area (Å²) in [6.45, 7) is 15.6. The van der Waals surface area contributed by atoms with Crippen molar-refractivity contribution in [3.8, 4) is 0 Å². The number of aryl methyl sites for hydroxylation is 3. The smallest absolute Gasteiger partial charge is 0.227 e. The number of nitrogens with zero attached hydrogens (tertiary/aromatic N) is 1. The molecule has 2 aromatic rings. The maximum absolute atomic E-state index is 12.1. The van der Waals surface area contributed by atoms with Crippen LogP contribution in [-0.2, 0) is 14.4 Å². The molecule has 1 aliphatic heterocycles. The van der Waals surface area contributed by atoms with Gasteiger partial charge in [-0.25, -0.2) is 0 Å². The summed E-state index contributed by atoms with van der Waals surface area (Å²) in [7, 11) is 0. The highest BCUT2D eigenvalue weighted by Gasteiger charge is 2.24. The van der Waals surface area contributed by atoms with Crippen LogP contribution in [0.15, 0.2) is 49.0 Å². The number of nitrogens with one attached hydrogen (secondary N) is 1. The third-order valence-corrected chi connectivity index (χ3v) is 5.36. The number of hydrogen-bond acceptors (Lipinski definition) is 3. The third-order valence-electron chi connectivity index (χ3n) is 5.36. The molecule has 5 heteroatoms. The van der Waals surface area contributed by atoms with E-state index in [1.54, 1.807) is 4.90 Å². The van der Waals surface area contributed by atoms with E-state index in [0.29, 0.717) is 13.1 Å². The fraction of sp³-hybridized carbons (Fsp3) is 0.346. The van der Waals surface area contributed by atoms with Gasteiger partial charge in [0, 0.05) is 27.5 Å². The fourth-order valence-corrected chi connectivity index (χ4v) is 3.24. The van der Waals surface area contributed by atoms with Gasteiger partial charge in [-0.1, -0.05) is 48.0 Å². The number of amides is 2. The molecule has 0 unspecified atom stereocenters. The van der Waals surface area contributed by atoms with Crippen LogP contribution < -0.4 is 5.32 Å². The van der Waals surface area contributed by atoms with E-state index in [4.69, 9.17) is 4.79 Å². The predicted molar refractivity (Wildman–Crippen MR) is 132 cm³/mol. The average Bonchev–Trinajstić information content (AvgIpc) is 2.78. The number of benzene rings is 2. The second kappa shape index (κ2) is 13.2. The molecular formula is C26H38N2O3. The lowest BCUT2D eigenvalue weighted by molar-refractivity contribution is -0.125. The minimum absolute atomic E-state index is 0. The summed E-state index contributed by atoms with van der Waals surface area (Å²) in [4.78, 5) is 32.5. The van der Waals surface area contributed by atoms with Crippen molar-refractivity contribution in [3.63, 3.8) is 0 Å². The molecule has 2 aromatic carbocycles. The van der Waals surface area contributed by atoms with Gasteiger partial charge in [-0.15, -0.1) is 0 Å². The number of piperidine rings is 1. The molecule has 0 aromatic heterocycles. The number of allylic oxidation sites excluding steroid dienone is 1. The van der Waals surface area contributed by atoms with Gasteiger partial charge < -0.3 is 15.0 Å². The summed E-state index contributed by atoms with van der Waals surface area (Å²) in [6.07, 6.45) is 2.31. The molecule has 0 spiro atoms. The molecule has 0 saturated carbocycles. The zero-order chi connectivity index (χ0) is 23.4. The molecule has 31 heavy (non-hydrogen) atoms. The molecule has 0 bridgehead atoms. The minimum Gasteiger partial charge on any atom is -0.345 e. The zero-order valence-electron chi connectivity index (χ0n) is 19.1. The first-order valence-electron chi connectivity index (χ1n) is 10.4. The summed E-state index contributed by atoms with van der Waals surface area (Å²) in [6, 6.07) is 14.2. The largest absolute Gasteiger partial charge is 0.345 e. The summed E-state index contributed by atoms with van der Waals surface area (Å²) in [5, 5.41) is 2.94. The Balaban J connectivity index is 0. The van der Waals surface area contributed by atoms with E-state index in [1.807, 2.05) is 38.0 Å². The lowest BCUT2D eigenvalue weighted by Crippen LogP contribution is -2.37. The molecule has 3 rings (SSSR count). The van der Waals surface area contributed by atoms with Crippen molar-refractivity contribution in [2.75, 3.05) is 18.4 Å². The monoisotopic (exact) mass is 426 g/mol. The van der Waals surface area contributed by atoms with Crippen LogP contribution in [0.3, 0.4) is 0 Å². The quantitative estimate of drug-likeness (QED) is 0.662. The van der Waals surface area contributed by atoms with Crippen LogP contribution in [0.2, 0.25) is 0 Å². The highest BCUT2D eigenvalue weighted by molar-refractivity contribution is 5.92. The number of anilines is 1. The topological polar surface area (TPSA) is 66.5 Å². The number of carbonyl (C=O) groups excluding carboxylic acids is 3. The van der Waals surface area contributed by atoms with Crippen LogP contribution in [0.4, 0.5) is 5.69 Å². The number of carbonyl (C=O) groups is 3. The van der Waals surface area contributed by atoms with Crippen LogP contribution in [0.25, 0.3) is 5.57 Å². The Morgan fingerprint density at radius 1 is 1.03 bits per heavy atom. The molecule has 2 amide bonds. The number of hydrogen-bond donors (Lipinski definition) is 1. The van der Waals surface area contributed by atoms with Gasteiger partial charge in [0.2, 0.25) is 12.3 Å². The van der Waals surface area contributed by atoms with E-state index >= 15 is 0 Å². The molecule has 1 fully saturated rings. The van der Waals surface area contributed by atoms with Crippen molar-refractivity contribution >= 4 is 30.4 Å². The van der Waals surface area contributed by atoms with Crippen molar-refractivity contribution in [1.29, 1.82) is 0 Å². The SMILES string of the molecule is C=C(C)c1ccc(NC(=O)C2CCN(C=O)CC2)cc1.C=O.Cc1ccc(C)c(C)c1.[HH].[HH]. The van der Waals surface area contributed by atoms with Crippen molar-refractivity contribution in [3.05, 3.63) is 71.3 Å². The highest BCUT2D eigenvalue weighted by Crippen LogP contribution is 2.20. The van der Waals surface area contributed by atoms with E-state index in [0.717, 1.165) is 36.1 Å². The van der Waals surface area contributed by atoms with E-state index in [-0.39, 0.29) is 14.7 Å². The Morgan fingerprint density at radius 2 is 1.61 bits per heavy atom. The van der Waals surface area contributed by atoms with Gasteiger partial charge in [-0.3, -0.25) is 9.59 Å². The Bertz CT molecular complexity index is 878. The van der Waals surface area contributed by atoms with E-state index < -0.39 is 0 Å². The first-order chi connectivity index (χ1) is 14.8. The number of rotatable bonds is 4. The van der Waals surface area contributed by atoms with Gasteiger partial charge in [-0.2, -0.15) is 0 Å². The van der Waals surface area contributed by atoms with Crippen LogP contribution in [0.1, 0.15) is 44.9 Å². The molecule has 0 atom stereocenters. The Kier molecular flexibility index (Phi) is 11.0. The van der Waals surface area contributed by atoms with Crippen LogP contribution >= 0.6 is 0 Å². The molecule has 1 N–H and O–H groups in total. The van der Waals surface area contributed by atoms with Crippen LogP contribution in [-0.4, -0.2) is 37.1 Å². The molecular weight excluding hydrogens is 388 g/mol. The summed E-state index contributed by atoms with van der Waals surface area (Å²) in [5.41, 5.74) is 6.98. The summed E-state index contributed by atoms with van der Waals surface area (Å²) >= 11 is 0. The maximum Gasteiger partial charge on any atom is 0.227 e. The van der Waals surface area contributed by atoms with E-state index in [1.165, 1.54) is 16.7 Å². The van der Waals surface area contributed by atoms with Gasteiger partial charge in [-0.05, 0) is 69.4 Å². The van der Waals surface area contributed by atoms with Crippen LogP contribution in [0, 0.1) is 26.7 Å². The van der Waals surface area contributed by atoms with Crippen molar-refractivity contribution in [2.45, 2.75) is 40.5 Å². The van der Waals surface area contributed by atoms with Gasteiger partial charge >= 0.3 is 0 Å². The van der Waals surface area contributed by atoms with Gasteiger partial charge in [0.25, 0.3) is 0 Å². The zero-order valence-corrected chi connectivity index (χ0v) is 19.1. The first-order valence-corrected chi connectivity index (χ1v) is 10.4. The molecule has 1 saturated heterocycles. The van der Waals surface area contributed by atoms with Crippen LogP contribution in [0.5, 0.6) is 0 Å². The van der Waals surface area contributed by atoms with Gasteiger partial charge in [0.15, 0.2) is 0 Å². The molecule has 0 aliphatic carbocycles. The Hall–Kier alpha value is -3.21. The van der Waals surface area contributed by atoms with E-state index in [2.05, 4.69) is 50.9 Å². The van der Waals surface area contributed by atoms with Crippen molar-refractivity contribution in [2.24, 2.45) is 5.92 Å². The highest BCUT2D eigenvalue weighted by atomic mass is 16.2. The van der Waals surface area contributed by atoms with Gasteiger partial charge in [0.1, 0.15) is 6.79 Å². The molecule has 170 valence electrons. The number of likely N-dealkylation sites (tertiary alicyclic amines) is 1. The maximum atomic E-state index is 12.1. The van der Waals surface area contributed by atoms with Crippen molar-refractivity contribution in [1.82, 2.24) is 4.90 Å². The fourth-order valence-electron chi connectivity index (χ4n) is 3.24. The van der Waals surface area contributed by atoms with E-state index in [9.17, 15) is 9.59 Å². The molecule has 1 aliphatic rings. The predicted octanol–water partition coefficient (Wildman–Crippen LogP) is 5.45. The van der Waals surface area contributed by atoms with Gasteiger partial charge in [0.05, 0.1) is 0 Å². The van der Waals surface area contributed by atoms with Crippen molar-refractivity contribution < 1.29 is 17.2 Å². The first kappa shape index (κ1) is 25.8. The lowest BCUT2D eigenvalue weighted by Gasteiger charge is -2.28. The molecule has 1 heterocycles. The lowest BCUT2D eigenvalue weighted by atomic mass is 9.96. The standard InChI is InChI=1S/C16H20N2O2.C9H12.CH2O.2H2/c1-12(2)13-3-5-15(6-4-13)17-16(20)14-7-9-18(11-19)10-8-14;1-7-4-5-8(2)9(3)6-7;1-2;;/h3-6,11,14H,1,7-10H2,2H3,(H,17,20);4-6H,1-3H3;1H2;2*1H. The second-order valence-electron chi connectivity index (χ2n) is 7.85. The average molecular weight is 427 g/mol. The molecule has 5 nitrogen and oxygen atoms in total. The summed E-state index contributed by atoms with van der Waals surface area (Å²) < 4.78 is 0. The third kappa shape index (κ3) is 8.59. The normalized spacial score (nSPS) is 13.1.